The lowest BCUT2D eigenvalue weighted by Crippen LogP contribution is -2.54. The Morgan fingerprint density at radius 1 is 0.923 bits per heavy atom. The Bertz CT molecular complexity index is 219. The Labute approximate surface area is 72.3 Å². The number of thiol groups is 1. The molecule has 0 spiro atoms. The molecule has 0 amide bonds. The Balaban J connectivity index is 5.16. The van der Waals surface area contributed by atoms with Crippen molar-refractivity contribution in [2.45, 2.75) is 18.0 Å². The van der Waals surface area contributed by atoms with Crippen molar-refractivity contribution in [1.82, 2.24) is 0 Å². The Morgan fingerprint density at radius 2 is 1.23 bits per heavy atom. The van der Waals surface area contributed by atoms with Crippen molar-refractivity contribution >= 4 is 17.7 Å². The van der Waals surface area contributed by atoms with Gasteiger partial charge in [0.2, 0.25) is 0 Å². The lowest BCUT2D eigenvalue weighted by molar-refractivity contribution is -0.341. The molecular formula is C4HF7OS. The van der Waals surface area contributed by atoms with Gasteiger partial charge in [0.05, 0.1) is 0 Å². The van der Waals surface area contributed by atoms with Gasteiger partial charge in [-0.1, -0.05) is 12.6 Å². The first-order valence-electron chi connectivity index (χ1n) is 2.50. The van der Waals surface area contributed by atoms with Gasteiger partial charge >= 0.3 is 18.0 Å². The highest BCUT2D eigenvalue weighted by Crippen LogP contribution is 2.47. The molecule has 0 rings (SSSR count). The van der Waals surface area contributed by atoms with Crippen LogP contribution in [0, 0.1) is 0 Å². The maximum absolute atomic E-state index is 11.9. The summed E-state index contributed by atoms with van der Waals surface area (Å²) in [6, 6.07) is 0. The largest absolute Gasteiger partial charge is 0.460 e. The van der Waals surface area contributed by atoms with Crippen LogP contribution in [0.4, 0.5) is 30.7 Å². The summed E-state index contributed by atoms with van der Waals surface area (Å²) in [4.78, 5) is 9.69. The molecule has 0 fully saturated rings. The molecule has 0 saturated heterocycles. The highest BCUT2D eigenvalue weighted by Gasteiger charge is 2.75. The summed E-state index contributed by atoms with van der Waals surface area (Å²) < 4.78 is 81.3. The molecule has 13 heavy (non-hydrogen) atoms. The number of halogens is 7. The van der Waals surface area contributed by atoms with Crippen molar-refractivity contribution in [3.05, 3.63) is 0 Å². The van der Waals surface area contributed by atoms with Gasteiger partial charge in [0.25, 0.3) is 5.12 Å². The zero-order chi connectivity index (χ0) is 11.1. The molecule has 0 aliphatic heterocycles. The van der Waals surface area contributed by atoms with Crippen molar-refractivity contribution in [3.8, 4) is 0 Å². The van der Waals surface area contributed by atoms with Crippen LogP contribution in [0.25, 0.3) is 0 Å². The number of carbonyl (C=O) groups excluding carboxylic acids is 1. The quantitative estimate of drug-likeness (QED) is 0.568. The van der Waals surface area contributed by atoms with Crippen LogP contribution >= 0.6 is 12.6 Å². The van der Waals surface area contributed by atoms with Gasteiger partial charge in [0.15, 0.2) is 0 Å². The van der Waals surface area contributed by atoms with Gasteiger partial charge in [-0.05, 0) is 0 Å². The van der Waals surface area contributed by atoms with Gasteiger partial charge in [-0.15, -0.1) is 0 Å². The summed E-state index contributed by atoms with van der Waals surface area (Å²) in [6.45, 7) is 0. The average molecular weight is 230 g/mol. The summed E-state index contributed by atoms with van der Waals surface area (Å²) >= 11 is 2.24. The second-order valence-corrected chi connectivity index (χ2v) is 2.36. The fourth-order valence-corrected chi connectivity index (χ4v) is 0.453. The minimum atomic E-state index is -6.49. The average Bonchev–Trinajstić information content (AvgIpc) is 1.84. The third-order valence-electron chi connectivity index (χ3n) is 1.02. The fourth-order valence-electron chi connectivity index (χ4n) is 0.312. The van der Waals surface area contributed by atoms with Crippen LogP contribution in [0.2, 0.25) is 0 Å². The molecule has 0 aliphatic carbocycles. The molecule has 0 unspecified atom stereocenters. The predicted octanol–water partition coefficient (Wildman–Crippen LogP) is 2.28. The molecular weight excluding hydrogens is 229 g/mol. The first-order valence-corrected chi connectivity index (χ1v) is 2.95. The second kappa shape index (κ2) is 3.03. The number of alkyl halides is 7. The number of rotatable bonds is 2. The summed E-state index contributed by atoms with van der Waals surface area (Å²) in [6.07, 6.45) is -6.49. The summed E-state index contributed by atoms with van der Waals surface area (Å²) in [5, 5.41) is -2.84. The third-order valence-corrected chi connectivity index (χ3v) is 1.30. The number of hydrogen-bond donors (Lipinski definition) is 1. The zero-order valence-corrected chi connectivity index (χ0v) is 6.40. The van der Waals surface area contributed by atoms with E-state index in [0.717, 1.165) is 0 Å². The maximum Gasteiger partial charge on any atom is 0.460 e. The molecule has 0 heterocycles. The van der Waals surface area contributed by atoms with Gasteiger partial charge < -0.3 is 0 Å². The monoisotopic (exact) mass is 230 g/mol. The van der Waals surface area contributed by atoms with E-state index in [1.54, 1.807) is 0 Å². The van der Waals surface area contributed by atoms with Crippen LogP contribution in [0.3, 0.4) is 0 Å². The first kappa shape index (κ1) is 12.5. The SMILES string of the molecule is O=C(S)C(F)(F)C(F)(F)C(F)(F)F. The van der Waals surface area contributed by atoms with Crippen molar-refractivity contribution in [3.63, 3.8) is 0 Å². The van der Waals surface area contributed by atoms with Gasteiger partial charge in [0, 0.05) is 0 Å². The van der Waals surface area contributed by atoms with Crippen LogP contribution in [0.5, 0.6) is 0 Å². The minimum Gasteiger partial charge on any atom is -0.280 e. The lowest BCUT2D eigenvalue weighted by atomic mass is 10.2. The second-order valence-electron chi connectivity index (χ2n) is 1.95. The van der Waals surface area contributed by atoms with Crippen LogP contribution in [-0.4, -0.2) is 23.1 Å². The Hall–Kier alpha value is -0.470. The Morgan fingerprint density at radius 3 is 1.31 bits per heavy atom. The Kier molecular flexibility index (Phi) is 2.92. The van der Waals surface area contributed by atoms with Gasteiger partial charge in [-0.3, -0.25) is 4.79 Å². The predicted molar refractivity (Wildman–Crippen MR) is 29.9 cm³/mol. The molecule has 0 aromatic carbocycles. The minimum absolute atomic E-state index is 2.24. The molecule has 0 aliphatic rings. The smallest absolute Gasteiger partial charge is 0.280 e. The fraction of sp³-hybridized carbons (Fsp3) is 0.750. The number of hydrogen-bond acceptors (Lipinski definition) is 1. The topological polar surface area (TPSA) is 17.1 Å². The maximum atomic E-state index is 11.9. The first-order chi connectivity index (χ1) is 5.44. The van der Waals surface area contributed by atoms with E-state index < -0.39 is 23.1 Å². The van der Waals surface area contributed by atoms with Crippen molar-refractivity contribution < 1.29 is 35.5 Å². The molecule has 78 valence electrons. The summed E-state index contributed by atoms with van der Waals surface area (Å²) in [5.41, 5.74) is 0. The normalized spacial score (nSPS) is 14.5. The van der Waals surface area contributed by atoms with E-state index in [2.05, 4.69) is 12.6 Å². The zero-order valence-electron chi connectivity index (χ0n) is 5.50. The standard InChI is InChI=1S/C4HF7OS/c5-2(6,1(12)13)3(7,8)4(9,10)11/h(H,12,13). The van der Waals surface area contributed by atoms with Crippen LogP contribution < -0.4 is 0 Å². The molecule has 0 aromatic heterocycles. The van der Waals surface area contributed by atoms with Crippen molar-refractivity contribution in [2.75, 3.05) is 0 Å². The molecule has 0 radical (unpaired) electrons. The highest BCUT2D eigenvalue weighted by molar-refractivity contribution is 7.96. The summed E-state index contributed by atoms with van der Waals surface area (Å²) in [5.74, 6) is -12.3. The summed E-state index contributed by atoms with van der Waals surface area (Å²) in [7, 11) is 0. The molecule has 0 bridgehead atoms. The lowest BCUT2D eigenvalue weighted by Gasteiger charge is -2.25. The molecule has 0 saturated carbocycles. The van der Waals surface area contributed by atoms with E-state index in [1.165, 1.54) is 0 Å². The van der Waals surface area contributed by atoms with Crippen molar-refractivity contribution in [1.29, 1.82) is 0 Å². The van der Waals surface area contributed by atoms with E-state index in [9.17, 15) is 35.5 Å². The highest BCUT2D eigenvalue weighted by atomic mass is 32.1. The van der Waals surface area contributed by atoms with Crippen LogP contribution in [0.15, 0.2) is 0 Å². The van der Waals surface area contributed by atoms with Crippen molar-refractivity contribution in [2.24, 2.45) is 0 Å². The van der Waals surface area contributed by atoms with E-state index in [4.69, 9.17) is 0 Å². The van der Waals surface area contributed by atoms with Gasteiger partial charge in [0.1, 0.15) is 0 Å². The van der Waals surface area contributed by atoms with Gasteiger partial charge in [-0.25, -0.2) is 0 Å². The molecule has 9 heteroatoms. The third kappa shape index (κ3) is 1.89. The van der Waals surface area contributed by atoms with Gasteiger partial charge in [-0.2, -0.15) is 30.7 Å². The molecule has 0 N–H and O–H groups in total. The molecule has 0 aromatic rings. The van der Waals surface area contributed by atoms with Crippen LogP contribution in [0.1, 0.15) is 0 Å². The number of carbonyl (C=O) groups is 1. The van der Waals surface area contributed by atoms with E-state index in [0.29, 0.717) is 0 Å². The molecule has 1 nitrogen and oxygen atoms in total. The van der Waals surface area contributed by atoms with E-state index in [-0.39, 0.29) is 0 Å². The van der Waals surface area contributed by atoms with E-state index >= 15 is 0 Å². The van der Waals surface area contributed by atoms with E-state index in [1.807, 2.05) is 0 Å². The van der Waals surface area contributed by atoms with Crippen LogP contribution in [-0.2, 0) is 4.79 Å². The molecule has 0 atom stereocenters.